The maximum Gasteiger partial charge on any atom is 0.136 e. The summed E-state index contributed by atoms with van der Waals surface area (Å²) < 4.78 is 16.1. The molecule has 0 radical (unpaired) electrons. The summed E-state index contributed by atoms with van der Waals surface area (Å²) in [5, 5.41) is 8.88. The minimum atomic E-state index is 0.519. The van der Waals surface area contributed by atoms with Gasteiger partial charge in [0.1, 0.15) is 11.8 Å². The molecule has 0 N–H and O–H groups in total. The van der Waals surface area contributed by atoms with Gasteiger partial charge in [0.25, 0.3) is 0 Å². The highest BCUT2D eigenvalue weighted by Gasteiger charge is 2.15. The third-order valence-electron chi connectivity index (χ3n) is 3.03. The van der Waals surface area contributed by atoms with Crippen molar-refractivity contribution in [2.75, 3.05) is 26.9 Å². The summed E-state index contributed by atoms with van der Waals surface area (Å²) in [6.07, 6.45) is 1.08. The van der Waals surface area contributed by atoms with E-state index < -0.39 is 0 Å². The van der Waals surface area contributed by atoms with Gasteiger partial charge in [0.15, 0.2) is 0 Å². The van der Waals surface area contributed by atoms with Crippen molar-refractivity contribution in [3.05, 3.63) is 29.3 Å². The van der Waals surface area contributed by atoms with E-state index in [4.69, 9.17) is 19.5 Å². The predicted molar refractivity (Wildman–Crippen MR) is 66.3 cm³/mol. The summed E-state index contributed by atoms with van der Waals surface area (Å²) in [6.45, 7) is 2.91. The average molecular weight is 247 g/mol. The number of nitriles is 1. The van der Waals surface area contributed by atoms with Crippen LogP contribution < -0.4 is 4.74 Å². The Morgan fingerprint density at radius 1 is 1.50 bits per heavy atom. The van der Waals surface area contributed by atoms with Crippen LogP contribution in [0.1, 0.15) is 17.5 Å². The Kier molecular flexibility index (Phi) is 4.57. The molecule has 0 saturated carbocycles. The summed E-state index contributed by atoms with van der Waals surface area (Å²) in [5.41, 5.74) is 1.57. The highest BCUT2D eigenvalue weighted by molar-refractivity contribution is 5.45. The Hall–Kier alpha value is -1.57. The Labute approximate surface area is 107 Å². The lowest BCUT2D eigenvalue weighted by Gasteiger charge is -2.10. The standard InChI is InChI=1S/C14H17NO3/c1-16-14-6-11(2-3-13(14)7-15)8-18-10-12-4-5-17-9-12/h2-3,6,12H,4-5,8-10H2,1H3. The van der Waals surface area contributed by atoms with Crippen molar-refractivity contribution >= 4 is 0 Å². The predicted octanol–water partition coefficient (Wildman–Crippen LogP) is 2.12. The van der Waals surface area contributed by atoms with Crippen LogP contribution >= 0.6 is 0 Å². The lowest BCUT2D eigenvalue weighted by Crippen LogP contribution is -2.09. The molecule has 1 aromatic rings. The largest absolute Gasteiger partial charge is 0.495 e. The van der Waals surface area contributed by atoms with E-state index in [2.05, 4.69) is 6.07 Å². The zero-order valence-corrected chi connectivity index (χ0v) is 10.5. The fourth-order valence-electron chi connectivity index (χ4n) is 1.98. The molecule has 1 fully saturated rings. The summed E-state index contributed by atoms with van der Waals surface area (Å²) in [4.78, 5) is 0. The van der Waals surface area contributed by atoms with E-state index in [0.29, 0.717) is 23.8 Å². The van der Waals surface area contributed by atoms with Crippen LogP contribution in [0.4, 0.5) is 0 Å². The molecule has 1 heterocycles. The van der Waals surface area contributed by atoms with Crippen LogP contribution in [0.5, 0.6) is 5.75 Å². The SMILES string of the molecule is COc1cc(COCC2CCOC2)ccc1C#N. The van der Waals surface area contributed by atoms with Gasteiger partial charge in [-0.2, -0.15) is 5.26 Å². The highest BCUT2D eigenvalue weighted by atomic mass is 16.5. The topological polar surface area (TPSA) is 51.5 Å². The first-order valence-corrected chi connectivity index (χ1v) is 6.06. The molecular weight excluding hydrogens is 230 g/mol. The second-order valence-electron chi connectivity index (χ2n) is 4.39. The average Bonchev–Trinajstić information content (AvgIpc) is 2.91. The summed E-state index contributed by atoms with van der Waals surface area (Å²) in [6, 6.07) is 7.60. The molecule has 1 aliphatic rings. The Morgan fingerprint density at radius 3 is 3.06 bits per heavy atom. The zero-order valence-electron chi connectivity index (χ0n) is 10.5. The van der Waals surface area contributed by atoms with Crippen molar-refractivity contribution in [3.63, 3.8) is 0 Å². The maximum absolute atomic E-state index is 8.88. The Balaban J connectivity index is 1.87. The number of rotatable bonds is 5. The molecule has 0 bridgehead atoms. The summed E-state index contributed by atoms with van der Waals surface area (Å²) in [5.74, 6) is 1.12. The van der Waals surface area contributed by atoms with E-state index in [1.807, 2.05) is 12.1 Å². The van der Waals surface area contributed by atoms with Gasteiger partial charge in [-0.15, -0.1) is 0 Å². The molecule has 4 heteroatoms. The molecule has 18 heavy (non-hydrogen) atoms. The molecule has 1 saturated heterocycles. The van der Waals surface area contributed by atoms with E-state index in [-0.39, 0.29) is 0 Å². The molecular formula is C14H17NO3. The minimum absolute atomic E-state index is 0.519. The molecule has 96 valence electrons. The second kappa shape index (κ2) is 6.39. The van der Waals surface area contributed by atoms with Gasteiger partial charge in [0.05, 0.1) is 32.5 Å². The van der Waals surface area contributed by atoms with Crippen molar-refractivity contribution in [1.29, 1.82) is 5.26 Å². The van der Waals surface area contributed by atoms with Gasteiger partial charge >= 0.3 is 0 Å². The van der Waals surface area contributed by atoms with E-state index in [1.165, 1.54) is 0 Å². The first kappa shape index (κ1) is 12.9. The molecule has 0 aromatic heterocycles. The summed E-state index contributed by atoms with van der Waals surface area (Å²) in [7, 11) is 1.57. The van der Waals surface area contributed by atoms with Gasteiger partial charge in [0, 0.05) is 12.5 Å². The molecule has 4 nitrogen and oxygen atoms in total. The van der Waals surface area contributed by atoms with Crippen molar-refractivity contribution in [3.8, 4) is 11.8 Å². The van der Waals surface area contributed by atoms with Gasteiger partial charge in [-0.05, 0) is 24.1 Å². The molecule has 1 unspecified atom stereocenters. The highest BCUT2D eigenvalue weighted by Crippen LogP contribution is 2.20. The smallest absolute Gasteiger partial charge is 0.136 e. The lowest BCUT2D eigenvalue weighted by molar-refractivity contribution is 0.0790. The number of methoxy groups -OCH3 is 1. The fourth-order valence-corrected chi connectivity index (χ4v) is 1.98. The second-order valence-corrected chi connectivity index (χ2v) is 4.39. The van der Waals surface area contributed by atoms with E-state index >= 15 is 0 Å². The maximum atomic E-state index is 8.88. The van der Waals surface area contributed by atoms with Crippen LogP contribution in [0.3, 0.4) is 0 Å². The number of nitrogens with zero attached hydrogens (tertiary/aromatic N) is 1. The number of benzene rings is 1. The normalized spacial score (nSPS) is 18.6. The van der Waals surface area contributed by atoms with Crippen LogP contribution in [-0.4, -0.2) is 26.9 Å². The first-order chi connectivity index (χ1) is 8.83. The first-order valence-electron chi connectivity index (χ1n) is 6.06. The molecule has 1 atom stereocenters. The van der Waals surface area contributed by atoms with E-state index in [9.17, 15) is 0 Å². The number of ether oxygens (including phenoxy) is 3. The summed E-state index contributed by atoms with van der Waals surface area (Å²) >= 11 is 0. The lowest BCUT2D eigenvalue weighted by atomic mass is 10.1. The number of hydrogen-bond acceptors (Lipinski definition) is 4. The monoisotopic (exact) mass is 247 g/mol. The quantitative estimate of drug-likeness (QED) is 0.799. The van der Waals surface area contributed by atoms with Crippen LogP contribution in [0.15, 0.2) is 18.2 Å². The number of hydrogen-bond donors (Lipinski definition) is 0. The van der Waals surface area contributed by atoms with Crippen molar-refractivity contribution < 1.29 is 14.2 Å². The zero-order chi connectivity index (χ0) is 12.8. The van der Waals surface area contributed by atoms with Crippen LogP contribution in [0.25, 0.3) is 0 Å². The van der Waals surface area contributed by atoms with Gasteiger partial charge < -0.3 is 14.2 Å². The third-order valence-corrected chi connectivity index (χ3v) is 3.03. The molecule has 1 aromatic carbocycles. The van der Waals surface area contributed by atoms with Crippen LogP contribution in [-0.2, 0) is 16.1 Å². The van der Waals surface area contributed by atoms with Crippen molar-refractivity contribution in [2.45, 2.75) is 13.0 Å². The van der Waals surface area contributed by atoms with Gasteiger partial charge in [-0.1, -0.05) is 6.07 Å². The molecule has 0 amide bonds. The van der Waals surface area contributed by atoms with Gasteiger partial charge in [0.2, 0.25) is 0 Å². The van der Waals surface area contributed by atoms with Crippen molar-refractivity contribution in [2.24, 2.45) is 5.92 Å². The Morgan fingerprint density at radius 2 is 2.39 bits per heavy atom. The van der Waals surface area contributed by atoms with Crippen molar-refractivity contribution in [1.82, 2.24) is 0 Å². The third kappa shape index (κ3) is 3.22. The van der Waals surface area contributed by atoms with Crippen LogP contribution in [0.2, 0.25) is 0 Å². The van der Waals surface area contributed by atoms with Gasteiger partial charge in [-0.3, -0.25) is 0 Å². The van der Waals surface area contributed by atoms with E-state index in [0.717, 1.165) is 31.8 Å². The minimum Gasteiger partial charge on any atom is -0.495 e. The van der Waals surface area contributed by atoms with E-state index in [1.54, 1.807) is 13.2 Å². The molecule has 1 aliphatic heterocycles. The molecule has 0 spiro atoms. The molecule has 0 aliphatic carbocycles. The van der Waals surface area contributed by atoms with Crippen LogP contribution in [0, 0.1) is 17.2 Å². The Bertz CT molecular complexity index is 433. The molecule has 2 rings (SSSR count). The fraction of sp³-hybridized carbons (Fsp3) is 0.500. The van der Waals surface area contributed by atoms with Gasteiger partial charge in [-0.25, -0.2) is 0 Å².